The molecule has 0 amide bonds. The van der Waals surface area contributed by atoms with Gasteiger partial charge < -0.3 is 28.4 Å². The molecule has 0 spiro atoms. The van der Waals surface area contributed by atoms with Crippen LogP contribution in [0.2, 0.25) is 0 Å². The van der Waals surface area contributed by atoms with Crippen molar-refractivity contribution < 1.29 is 41.0 Å². The van der Waals surface area contributed by atoms with Crippen molar-refractivity contribution in [3.63, 3.8) is 0 Å². The van der Waals surface area contributed by atoms with Crippen molar-refractivity contribution in [3.05, 3.63) is 0 Å². The van der Waals surface area contributed by atoms with E-state index in [0.29, 0.717) is 0 Å². The molecule has 3 heterocycles. The molecule has 4 atom stereocenters. The maximum Gasteiger partial charge on any atom is 0.383 e. The molecule has 3 aliphatic rings. The third kappa shape index (κ3) is 3.82. The van der Waals surface area contributed by atoms with Crippen LogP contribution in [0.5, 0.6) is 0 Å². The molecule has 0 radical (unpaired) electrons. The van der Waals surface area contributed by atoms with E-state index in [1.807, 2.05) is 0 Å². The lowest BCUT2D eigenvalue weighted by molar-refractivity contribution is -0.290. The van der Waals surface area contributed by atoms with Gasteiger partial charge in [-0.2, -0.15) is 8.42 Å². The smallest absolute Gasteiger partial charge is 0.383 e. The summed E-state index contributed by atoms with van der Waals surface area (Å²) in [5.41, 5.74) is 0. The van der Waals surface area contributed by atoms with Gasteiger partial charge in [0.15, 0.2) is 18.0 Å². The Morgan fingerprint density at radius 3 is 2.56 bits per heavy atom. The molecule has 11 heteroatoms. The van der Waals surface area contributed by atoms with Gasteiger partial charge in [0, 0.05) is 0 Å². The number of nitrogens with zero attached hydrogens (tertiary/aromatic N) is 1. The molecule has 0 aromatic rings. The third-order valence-corrected chi connectivity index (χ3v) is 4.72. The van der Waals surface area contributed by atoms with Crippen molar-refractivity contribution in [1.29, 1.82) is 0 Å². The maximum absolute atomic E-state index is 11.8. The molecule has 0 unspecified atom stereocenters. The molecule has 0 aromatic carbocycles. The van der Waals surface area contributed by atoms with Crippen LogP contribution in [0, 0.1) is 0 Å². The zero-order chi connectivity index (χ0) is 18.5. The van der Waals surface area contributed by atoms with Gasteiger partial charge in [-0.05, 0) is 27.7 Å². The van der Waals surface area contributed by atoms with E-state index in [-0.39, 0.29) is 12.7 Å². The molecule has 0 N–H and O–H groups in total. The highest BCUT2D eigenvalue weighted by atomic mass is 32.2. The molecule has 3 fully saturated rings. The standard InChI is InChI=1S/C14H23NO9S/c1-12(2)21-9-6-19-14(7-20-25(16,17)15-8-18-5)11(10(9)22-12)23-13(3,4)24-14/h8-11H,6-7H2,1-5H3/t9-,10-,11+,14+/m1/s1. The van der Waals surface area contributed by atoms with Crippen LogP contribution >= 0.6 is 0 Å². The third-order valence-electron chi connectivity index (χ3n) is 3.96. The van der Waals surface area contributed by atoms with Gasteiger partial charge in [0.05, 0.1) is 13.7 Å². The Balaban J connectivity index is 1.81. The van der Waals surface area contributed by atoms with Crippen LogP contribution in [0.15, 0.2) is 4.40 Å². The zero-order valence-electron chi connectivity index (χ0n) is 14.8. The minimum atomic E-state index is -4.21. The number of fused-ring (bicyclic) bond motifs is 3. The summed E-state index contributed by atoms with van der Waals surface area (Å²) in [6.45, 7) is 6.67. The summed E-state index contributed by atoms with van der Waals surface area (Å²) in [5.74, 6) is -3.27. The first-order valence-corrected chi connectivity index (χ1v) is 9.18. The van der Waals surface area contributed by atoms with E-state index in [2.05, 4.69) is 9.13 Å². The molecule has 10 nitrogen and oxygen atoms in total. The Hall–Kier alpha value is -0.820. The summed E-state index contributed by atoms with van der Waals surface area (Å²) >= 11 is 0. The highest BCUT2D eigenvalue weighted by Gasteiger charge is 2.65. The highest BCUT2D eigenvalue weighted by Crippen LogP contribution is 2.47. The molecule has 25 heavy (non-hydrogen) atoms. The summed E-state index contributed by atoms with van der Waals surface area (Å²) in [5, 5.41) is 0. The fourth-order valence-electron chi connectivity index (χ4n) is 3.23. The summed E-state index contributed by atoms with van der Waals surface area (Å²) in [6.07, 6.45) is -0.813. The summed E-state index contributed by atoms with van der Waals surface area (Å²) in [4.78, 5) is 0. The first-order valence-electron chi connectivity index (χ1n) is 7.81. The van der Waals surface area contributed by atoms with E-state index >= 15 is 0 Å². The average molecular weight is 381 g/mol. The second kappa shape index (κ2) is 6.12. The van der Waals surface area contributed by atoms with Crippen molar-refractivity contribution >= 4 is 16.7 Å². The number of hydrogen-bond acceptors (Lipinski definition) is 9. The Labute approximate surface area is 146 Å². The van der Waals surface area contributed by atoms with Crippen molar-refractivity contribution in [2.75, 3.05) is 20.3 Å². The largest absolute Gasteiger partial charge is 0.486 e. The van der Waals surface area contributed by atoms with Crippen molar-refractivity contribution in [3.8, 4) is 0 Å². The average Bonchev–Trinajstić information content (AvgIpc) is 2.95. The number of ether oxygens (including phenoxy) is 6. The van der Waals surface area contributed by atoms with Crippen molar-refractivity contribution in [1.82, 2.24) is 0 Å². The molecule has 3 saturated heterocycles. The molecule has 0 bridgehead atoms. The Morgan fingerprint density at radius 2 is 1.88 bits per heavy atom. The number of methoxy groups -OCH3 is 1. The van der Waals surface area contributed by atoms with E-state index in [1.165, 1.54) is 7.11 Å². The van der Waals surface area contributed by atoms with Crippen molar-refractivity contribution in [2.24, 2.45) is 4.40 Å². The fraction of sp³-hybridized carbons (Fsp3) is 0.929. The maximum atomic E-state index is 11.8. The highest BCUT2D eigenvalue weighted by molar-refractivity contribution is 7.85. The summed E-state index contributed by atoms with van der Waals surface area (Å²) < 4.78 is 65.5. The SMILES string of the molecule is COC=NS(=O)(=O)OC[C@@]12OC[C@H]3OC(C)(C)O[C@H]3[C@@H]1OC(C)(C)O2. The monoisotopic (exact) mass is 381 g/mol. The van der Waals surface area contributed by atoms with Crippen LogP contribution in [-0.2, 0) is 42.9 Å². The normalized spacial score (nSPS) is 39.3. The second-order valence-corrected chi connectivity index (χ2v) is 8.24. The van der Waals surface area contributed by atoms with Gasteiger partial charge in [-0.3, -0.25) is 0 Å². The van der Waals surface area contributed by atoms with Gasteiger partial charge in [0.1, 0.15) is 24.9 Å². The van der Waals surface area contributed by atoms with Crippen LogP contribution in [0.25, 0.3) is 0 Å². The van der Waals surface area contributed by atoms with Gasteiger partial charge >= 0.3 is 10.3 Å². The fourth-order valence-corrected chi connectivity index (χ4v) is 3.80. The quantitative estimate of drug-likeness (QED) is 0.491. The van der Waals surface area contributed by atoms with Gasteiger partial charge in [-0.15, -0.1) is 4.40 Å². The van der Waals surface area contributed by atoms with Gasteiger partial charge in [-0.1, -0.05) is 0 Å². The van der Waals surface area contributed by atoms with E-state index in [0.717, 1.165) is 6.40 Å². The zero-order valence-corrected chi connectivity index (χ0v) is 15.6. The Kier molecular flexibility index (Phi) is 4.64. The number of hydrogen-bond donors (Lipinski definition) is 0. The van der Waals surface area contributed by atoms with Gasteiger partial charge in [0.2, 0.25) is 5.79 Å². The Morgan fingerprint density at radius 1 is 1.16 bits per heavy atom. The lowest BCUT2D eigenvalue weighted by atomic mass is 9.98. The predicted molar refractivity (Wildman–Crippen MR) is 82.9 cm³/mol. The van der Waals surface area contributed by atoms with Gasteiger partial charge in [-0.25, -0.2) is 4.18 Å². The molecule has 0 aromatic heterocycles. The molecule has 3 rings (SSSR count). The first-order chi connectivity index (χ1) is 11.5. The predicted octanol–water partition coefficient (Wildman–Crippen LogP) is 0.321. The minimum Gasteiger partial charge on any atom is -0.486 e. The molecular formula is C14H23NO9S. The Bertz CT molecular complexity index is 647. The topological polar surface area (TPSA) is 111 Å². The number of rotatable bonds is 5. The van der Waals surface area contributed by atoms with E-state index < -0.39 is 46.5 Å². The molecule has 3 aliphatic heterocycles. The minimum absolute atomic E-state index is 0.148. The van der Waals surface area contributed by atoms with Crippen LogP contribution in [-0.4, -0.2) is 70.8 Å². The lowest BCUT2D eigenvalue weighted by Gasteiger charge is -2.40. The second-order valence-electron chi connectivity index (χ2n) is 6.94. The molecule has 0 aliphatic carbocycles. The van der Waals surface area contributed by atoms with Crippen LogP contribution in [0.3, 0.4) is 0 Å². The molecular weight excluding hydrogens is 358 g/mol. The summed E-state index contributed by atoms with van der Waals surface area (Å²) in [7, 11) is -2.94. The first kappa shape index (κ1) is 19.0. The van der Waals surface area contributed by atoms with Crippen LogP contribution < -0.4 is 0 Å². The lowest BCUT2D eigenvalue weighted by Crippen LogP contribution is -2.60. The summed E-state index contributed by atoms with van der Waals surface area (Å²) in [6, 6.07) is 0. The van der Waals surface area contributed by atoms with Gasteiger partial charge in [0.25, 0.3) is 0 Å². The van der Waals surface area contributed by atoms with Crippen molar-refractivity contribution in [2.45, 2.75) is 63.4 Å². The van der Waals surface area contributed by atoms with E-state index in [4.69, 9.17) is 27.9 Å². The molecule has 144 valence electrons. The van der Waals surface area contributed by atoms with E-state index in [1.54, 1.807) is 27.7 Å². The van der Waals surface area contributed by atoms with Crippen LogP contribution in [0.1, 0.15) is 27.7 Å². The molecule has 0 saturated carbocycles. The van der Waals surface area contributed by atoms with E-state index in [9.17, 15) is 8.42 Å². The van der Waals surface area contributed by atoms with Crippen LogP contribution in [0.4, 0.5) is 0 Å².